The van der Waals surface area contributed by atoms with Crippen molar-refractivity contribution in [1.82, 2.24) is 15.3 Å². The maximum atomic E-state index is 11.0. The topological polar surface area (TPSA) is 64.1 Å². The minimum absolute atomic E-state index is 0.202. The lowest BCUT2D eigenvalue weighted by atomic mass is 10.1. The molecule has 2 aromatic rings. The van der Waals surface area contributed by atoms with Crippen LogP contribution in [0, 0.1) is 0 Å². The van der Waals surface area contributed by atoms with Gasteiger partial charge in [0, 0.05) is 24.5 Å². The molecule has 0 bridgehead atoms. The summed E-state index contributed by atoms with van der Waals surface area (Å²) in [6.45, 7) is 0.810. The number of nitrogens with one attached hydrogen (secondary N) is 1. The quantitative estimate of drug-likeness (QED) is 0.848. The van der Waals surface area contributed by atoms with Gasteiger partial charge in [-0.05, 0) is 21.5 Å². The Morgan fingerprint density at radius 3 is 2.50 bits per heavy atom. The Hall–Kier alpha value is -1.79. The molecule has 104 valence electrons. The van der Waals surface area contributed by atoms with E-state index in [4.69, 9.17) is 0 Å². The van der Waals surface area contributed by atoms with Crippen molar-refractivity contribution in [3.8, 4) is 11.4 Å². The number of methoxy groups -OCH3 is 1. The summed E-state index contributed by atoms with van der Waals surface area (Å²) < 4.78 is 5.40. The van der Waals surface area contributed by atoms with Crippen molar-refractivity contribution in [2.75, 3.05) is 13.7 Å². The van der Waals surface area contributed by atoms with Crippen LogP contribution in [0.4, 0.5) is 0 Å². The SMILES string of the molecule is COC(=O)CNCc1ccc(-c2ncc(Br)cn2)cc1. The van der Waals surface area contributed by atoms with Crippen molar-refractivity contribution in [2.24, 2.45) is 0 Å². The Bertz CT molecular complexity index is 570. The molecule has 20 heavy (non-hydrogen) atoms. The molecular formula is C14H14BrN3O2. The summed E-state index contributed by atoms with van der Waals surface area (Å²) >= 11 is 3.30. The molecule has 0 aliphatic rings. The van der Waals surface area contributed by atoms with Gasteiger partial charge in [0.15, 0.2) is 5.82 Å². The molecule has 1 aromatic carbocycles. The number of esters is 1. The number of ether oxygens (including phenoxy) is 1. The van der Waals surface area contributed by atoms with Gasteiger partial charge in [0.2, 0.25) is 0 Å². The molecule has 0 radical (unpaired) electrons. The Kier molecular flexibility index (Phi) is 5.20. The van der Waals surface area contributed by atoms with Crippen LogP contribution in [-0.2, 0) is 16.1 Å². The average Bonchev–Trinajstić information content (AvgIpc) is 2.48. The summed E-state index contributed by atoms with van der Waals surface area (Å²) in [6.07, 6.45) is 3.43. The lowest BCUT2D eigenvalue weighted by Gasteiger charge is -2.05. The van der Waals surface area contributed by atoms with Gasteiger partial charge in [-0.25, -0.2) is 9.97 Å². The van der Waals surface area contributed by atoms with Crippen LogP contribution in [0.5, 0.6) is 0 Å². The van der Waals surface area contributed by atoms with Crippen LogP contribution in [-0.4, -0.2) is 29.6 Å². The molecule has 1 N–H and O–H groups in total. The zero-order valence-electron chi connectivity index (χ0n) is 11.0. The number of hydrogen-bond donors (Lipinski definition) is 1. The first kappa shape index (κ1) is 14.6. The second-order valence-electron chi connectivity index (χ2n) is 4.10. The zero-order valence-corrected chi connectivity index (χ0v) is 12.6. The van der Waals surface area contributed by atoms with Crippen LogP contribution in [0.25, 0.3) is 11.4 Å². The first-order valence-corrected chi connectivity index (χ1v) is 6.83. The van der Waals surface area contributed by atoms with Gasteiger partial charge in [-0.3, -0.25) is 4.79 Å². The number of hydrogen-bond acceptors (Lipinski definition) is 5. The normalized spacial score (nSPS) is 10.3. The summed E-state index contributed by atoms with van der Waals surface area (Å²) in [4.78, 5) is 19.4. The van der Waals surface area contributed by atoms with Gasteiger partial charge in [0.05, 0.1) is 18.1 Å². The van der Waals surface area contributed by atoms with Crippen LogP contribution in [0.15, 0.2) is 41.1 Å². The number of nitrogens with zero attached hydrogens (tertiary/aromatic N) is 2. The molecule has 1 heterocycles. The summed E-state index contributed by atoms with van der Waals surface area (Å²) in [5.41, 5.74) is 2.03. The van der Waals surface area contributed by atoms with Crippen molar-refractivity contribution in [3.63, 3.8) is 0 Å². The lowest BCUT2D eigenvalue weighted by Crippen LogP contribution is -2.23. The zero-order chi connectivity index (χ0) is 14.4. The van der Waals surface area contributed by atoms with Gasteiger partial charge in [0.1, 0.15) is 0 Å². The van der Waals surface area contributed by atoms with Gasteiger partial charge < -0.3 is 10.1 Å². The minimum Gasteiger partial charge on any atom is -0.468 e. The molecule has 5 nitrogen and oxygen atoms in total. The Labute approximate surface area is 125 Å². The highest BCUT2D eigenvalue weighted by molar-refractivity contribution is 9.10. The number of halogens is 1. The van der Waals surface area contributed by atoms with Crippen LogP contribution in [0.2, 0.25) is 0 Å². The molecule has 0 aliphatic carbocycles. The van der Waals surface area contributed by atoms with Gasteiger partial charge in [-0.1, -0.05) is 24.3 Å². The van der Waals surface area contributed by atoms with E-state index in [2.05, 4.69) is 36.0 Å². The van der Waals surface area contributed by atoms with Crippen molar-refractivity contribution in [1.29, 1.82) is 0 Å². The van der Waals surface area contributed by atoms with E-state index in [1.54, 1.807) is 12.4 Å². The molecule has 0 unspecified atom stereocenters. The maximum absolute atomic E-state index is 11.0. The fourth-order valence-corrected chi connectivity index (χ4v) is 1.82. The van der Waals surface area contributed by atoms with Gasteiger partial charge in [-0.2, -0.15) is 0 Å². The highest BCUT2D eigenvalue weighted by Crippen LogP contribution is 2.16. The molecule has 0 saturated heterocycles. The summed E-state index contributed by atoms with van der Waals surface area (Å²) in [6, 6.07) is 7.87. The Morgan fingerprint density at radius 2 is 1.90 bits per heavy atom. The van der Waals surface area contributed by atoms with Gasteiger partial charge >= 0.3 is 5.97 Å². The largest absolute Gasteiger partial charge is 0.468 e. The van der Waals surface area contributed by atoms with E-state index in [-0.39, 0.29) is 12.5 Å². The third kappa shape index (κ3) is 4.11. The number of carbonyl (C=O) groups excluding carboxylic acids is 1. The standard InChI is InChI=1S/C14H14BrN3O2/c1-20-13(19)9-16-6-10-2-4-11(5-3-10)14-17-7-12(15)8-18-14/h2-5,7-8,16H,6,9H2,1H3. The predicted octanol–water partition coefficient (Wildman–Crippen LogP) is 2.17. The third-order valence-corrected chi connectivity index (χ3v) is 3.07. The van der Waals surface area contributed by atoms with Crippen molar-refractivity contribution < 1.29 is 9.53 Å². The van der Waals surface area contributed by atoms with E-state index in [9.17, 15) is 4.79 Å². The molecular weight excluding hydrogens is 322 g/mol. The van der Waals surface area contributed by atoms with Crippen LogP contribution in [0.1, 0.15) is 5.56 Å². The van der Waals surface area contributed by atoms with E-state index < -0.39 is 0 Å². The molecule has 1 aromatic heterocycles. The minimum atomic E-state index is -0.273. The van der Waals surface area contributed by atoms with Crippen LogP contribution < -0.4 is 5.32 Å². The first-order valence-electron chi connectivity index (χ1n) is 6.03. The molecule has 0 amide bonds. The second-order valence-corrected chi connectivity index (χ2v) is 5.02. The van der Waals surface area contributed by atoms with Crippen LogP contribution in [0.3, 0.4) is 0 Å². The first-order chi connectivity index (χ1) is 9.69. The Morgan fingerprint density at radius 1 is 1.25 bits per heavy atom. The molecule has 0 atom stereocenters. The lowest BCUT2D eigenvalue weighted by molar-refractivity contribution is -0.139. The van der Waals surface area contributed by atoms with Gasteiger partial charge in [0.25, 0.3) is 0 Å². The van der Waals surface area contributed by atoms with E-state index in [0.717, 1.165) is 15.6 Å². The smallest absolute Gasteiger partial charge is 0.319 e. The highest BCUT2D eigenvalue weighted by atomic mass is 79.9. The maximum Gasteiger partial charge on any atom is 0.319 e. The predicted molar refractivity (Wildman–Crippen MR) is 78.9 cm³/mol. The molecule has 0 saturated carbocycles. The summed E-state index contributed by atoms with van der Waals surface area (Å²) in [5, 5.41) is 3.01. The molecule has 2 rings (SSSR count). The Balaban J connectivity index is 1.96. The second kappa shape index (κ2) is 7.12. The van der Waals surface area contributed by atoms with E-state index in [1.807, 2.05) is 24.3 Å². The molecule has 6 heteroatoms. The van der Waals surface area contributed by atoms with E-state index >= 15 is 0 Å². The fourth-order valence-electron chi connectivity index (χ4n) is 1.61. The molecule has 0 aliphatic heterocycles. The monoisotopic (exact) mass is 335 g/mol. The van der Waals surface area contributed by atoms with Crippen molar-refractivity contribution in [2.45, 2.75) is 6.54 Å². The van der Waals surface area contributed by atoms with E-state index in [0.29, 0.717) is 12.4 Å². The fraction of sp³-hybridized carbons (Fsp3) is 0.214. The van der Waals surface area contributed by atoms with Gasteiger partial charge in [-0.15, -0.1) is 0 Å². The third-order valence-electron chi connectivity index (χ3n) is 2.66. The highest BCUT2D eigenvalue weighted by Gasteiger charge is 2.02. The molecule has 0 fully saturated rings. The number of rotatable bonds is 5. The summed E-state index contributed by atoms with van der Waals surface area (Å²) in [7, 11) is 1.37. The number of carbonyl (C=O) groups is 1. The molecule has 0 spiro atoms. The number of benzene rings is 1. The average molecular weight is 336 g/mol. The van der Waals surface area contributed by atoms with Crippen molar-refractivity contribution in [3.05, 3.63) is 46.7 Å². The van der Waals surface area contributed by atoms with Crippen molar-refractivity contribution >= 4 is 21.9 Å². The summed E-state index contributed by atoms with van der Waals surface area (Å²) in [5.74, 6) is 0.409. The van der Waals surface area contributed by atoms with Crippen LogP contribution >= 0.6 is 15.9 Å². The van der Waals surface area contributed by atoms with E-state index in [1.165, 1.54) is 7.11 Å². The number of aromatic nitrogens is 2.